The first-order valence-electron chi connectivity index (χ1n) is 8.76. The number of esters is 1. The minimum atomic E-state index is -0.961. The van der Waals surface area contributed by atoms with Gasteiger partial charge in [-0.25, -0.2) is 4.79 Å². The van der Waals surface area contributed by atoms with Crippen molar-refractivity contribution < 1.29 is 19.1 Å². The first-order chi connectivity index (χ1) is 13.5. The molecular weight excluding hydrogens is 354 g/mol. The van der Waals surface area contributed by atoms with E-state index >= 15 is 0 Å². The van der Waals surface area contributed by atoms with Crippen molar-refractivity contribution in [1.29, 1.82) is 0 Å². The van der Waals surface area contributed by atoms with E-state index in [-0.39, 0.29) is 5.57 Å². The van der Waals surface area contributed by atoms with Crippen LogP contribution in [-0.4, -0.2) is 29.8 Å². The normalized spacial score (nSPS) is 14.1. The van der Waals surface area contributed by atoms with Crippen molar-refractivity contribution in [3.05, 3.63) is 95.6 Å². The highest BCUT2D eigenvalue weighted by atomic mass is 16.5. The predicted molar refractivity (Wildman–Crippen MR) is 105 cm³/mol. The second-order valence-electron chi connectivity index (χ2n) is 6.52. The number of ether oxygens (including phenoxy) is 1. The fraction of sp³-hybridized carbons (Fsp3) is 0.0870. The van der Waals surface area contributed by atoms with E-state index in [2.05, 4.69) is 6.58 Å². The van der Waals surface area contributed by atoms with Crippen LogP contribution in [0.15, 0.2) is 78.9 Å². The van der Waals surface area contributed by atoms with E-state index in [1.165, 1.54) is 7.11 Å². The third-order valence-corrected chi connectivity index (χ3v) is 4.95. The highest BCUT2D eigenvalue weighted by molar-refractivity contribution is 6.26. The van der Waals surface area contributed by atoms with Crippen LogP contribution in [0.2, 0.25) is 0 Å². The van der Waals surface area contributed by atoms with E-state index in [1.807, 2.05) is 18.2 Å². The summed E-state index contributed by atoms with van der Waals surface area (Å²) >= 11 is 0. The lowest BCUT2D eigenvalue weighted by molar-refractivity contribution is -0.136. The summed E-state index contributed by atoms with van der Waals surface area (Å²) in [6, 6.07) is 18.6. The van der Waals surface area contributed by atoms with Gasteiger partial charge in [-0.15, -0.1) is 0 Å². The lowest BCUT2D eigenvalue weighted by Crippen LogP contribution is -2.44. The second kappa shape index (κ2) is 6.78. The summed E-state index contributed by atoms with van der Waals surface area (Å²) in [6.07, 6.45) is 0. The number of amides is 2. The first kappa shape index (κ1) is 17.7. The Labute approximate surface area is 161 Å². The van der Waals surface area contributed by atoms with Gasteiger partial charge in [0.05, 0.1) is 18.7 Å². The minimum Gasteiger partial charge on any atom is -0.466 e. The molecule has 5 heteroatoms. The molecule has 0 fully saturated rings. The van der Waals surface area contributed by atoms with Gasteiger partial charge in [-0.1, -0.05) is 61.2 Å². The molecule has 0 saturated heterocycles. The Morgan fingerprint density at radius 2 is 1.46 bits per heavy atom. The Morgan fingerprint density at radius 3 is 2.00 bits per heavy atom. The summed E-state index contributed by atoms with van der Waals surface area (Å²) in [5, 5.41) is 1.45. The van der Waals surface area contributed by atoms with Crippen LogP contribution in [-0.2, 0) is 9.53 Å². The summed E-state index contributed by atoms with van der Waals surface area (Å²) < 4.78 is 4.82. The van der Waals surface area contributed by atoms with E-state index < -0.39 is 23.8 Å². The maximum atomic E-state index is 13.4. The number of rotatable bonds is 4. The number of benzene rings is 3. The third-order valence-electron chi connectivity index (χ3n) is 4.95. The van der Waals surface area contributed by atoms with E-state index in [9.17, 15) is 14.4 Å². The van der Waals surface area contributed by atoms with Crippen molar-refractivity contribution in [3.63, 3.8) is 0 Å². The second-order valence-corrected chi connectivity index (χ2v) is 6.52. The maximum absolute atomic E-state index is 13.4. The average molecular weight is 371 g/mol. The molecule has 1 aliphatic heterocycles. The fourth-order valence-corrected chi connectivity index (χ4v) is 3.67. The summed E-state index contributed by atoms with van der Waals surface area (Å²) in [7, 11) is 1.24. The molecule has 0 spiro atoms. The fourth-order valence-electron chi connectivity index (χ4n) is 3.67. The van der Waals surface area contributed by atoms with Gasteiger partial charge < -0.3 is 4.74 Å². The van der Waals surface area contributed by atoms with Crippen LogP contribution < -0.4 is 0 Å². The van der Waals surface area contributed by atoms with Crippen molar-refractivity contribution in [2.75, 3.05) is 7.11 Å². The molecule has 0 aliphatic carbocycles. The molecule has 138 valence electrons. The van der Waals surface area contributed by atoms with Gasteiger partial charge >= 0.3 is 5.97 Å². The molecule has 0 radical (unpaired) electrons. The van der Waals surface area contributed by atoms with Gasteiger partial charge in [0.25, 0.3) is 11.8 Å². The molecule has 2 amide bonds. The van der Waals surface area contributed by atoms with E-state index in [0.29, 0.717) is 22.1 Å². The smallest absolute Gasteiger partial charge is 0.335 e. The number of imide groups is 1. The maximum Gasteiger partial charge on any atom is 0.335 e. The minimum absolute atomic E-state index is 0.0157. The molecule has 28 heavy (non-hydrogen) atoms. The summed E-state index contributed by atoms with van der Waals surface area (Å²) in [4.78, 5) is 40.1. The third kappa shape index (κ3) is 2.60. The van der Waals surface area contributed by atoms with Crippen LogP contribution in [0.25, 0.3) is 10.8 Å². The van der Waals surface area contributed by atoms with Gasteiger partial charge in [0.15, 0.2) is 0 Å². The Bertz CT molecular complexity index is 1080. The first-order valence-corrected chi connectivity index (χ1v) is 8.76. The molecule has 0 aromatic heterocycles. The highest BCUT2D eigenvalue weighted by Crippen LogP contribution is 2.37. The van der Waals surface area contributed by atoms with Crippen LogP contribution in [0.5, 0.6) is 0 Å². The molecule has 1 aliphatic rings. The molecular formula is C23H17NO4. The largest absolute Gasteiger partial charge is 0.466 e. The SMILES string of the molecule is C=C(C(=O)OC)[C@H](c1ccccc1)N1C(=O)c2cccc3cccc(c23)C1=O. The zero-order valence-electron chi connectivity index (χ0n) is 15.2. The van der Waals surface area contributed by atoms with E-state index in [4.69, 9.17) is 4.74 Å². The topological polar surface area (TPSA) is 63.7 Å². The monoisotopic (exact) mass is 371 g/mol. The zero-order chi connectivity index (χ0) is 19.8. The highest BCUT2D eigenvalue weighted by Gasteiger charge is 2.40. The zero-order valence-corrected chi connectivity index (χ0v) is 15.2. The van der Waals surface area contributed by atoms with Gasteiger partial charge in [-0.05, 0) is 23.1 Å². The van der Waals surface area contributed by atoms with Crippen LogP contribution in [0.4, 0.5) is 0 Å². The Kier molecular flexibility index (Phi) is 4.28. The Balaban J connectivity index is 1.93. The van der Waals surface area contributed by atoms with Gasteiger partial charge in [-0.3, -0.25) is 14.5 Å². The molecule has 3 aromatic carbocycles. The summed E-state index contributed by atoms with van der Waals surface area (Å²) in [6.45, 7) is 3.83. The number of carbonyl (C=O) groups excluding carboxylic acids is 3. The van der Waals surface area contributed by atoms with Crippen LogP contribution >= 0.6 is 0 Å². The Hall–Kier alpha value is -3.73. The molecule has 5 nitrogen and oxygen atoms in total. The number of nitrogens with zero attached hydrogens (tertiary/aromatic N) is 1. The lowest BCUT2D eigenvalue weighted by atomic mass is 9.90. The van der Waals surface area contributed by atoms with Gasteiger partial charge in [0, 0.05) is 16.5 Å². The van der Waals surface area contributed by atoms with E-state index in [0.717, 1.165) is 10.3 Å². The average Bonchev–Trinajstić information content (AvgIpc) is 2.74. The van der Waals surface area contributed by atoms with Gasteiger partial charge in [0.1, 0.15) is 0 Å². The number of hydrogen-bond donors (Lipinski definition) is 0. The molecule has 3 aromatic rings. The van der Waals surface area contributed by atoms with Crippen molar-refractivity contribution >= 4 is 28.6 Å². The quantitative estimate of drug-likeness (QED) is 0.396. The number of hydrogen-bond acceptors (Lipinski definition) is 4. The molecule has 0 saturated carbocycles. The summed E-state index contributed by atoms with van der Waals surface area (Å²) in [5.74, 6) is -1.60. The lowest BCUT2D eigenvalue weighted by Gasteiger charge is -2.34. The van der Waals surface area contributed by atoms with Crippen LogP contribution in [0.1, 0.15) is 32.3 Å². The molecule has 1 atom stereocenters. The van der Waals surface area contributed by atoms with Crippen molar-refractivity contribution in [2.24, 2.45) is 0 Å². The predicted octanol–water partition coefficient (Wildman–Crippen LogP) is 3.91. The molecule has 1 heterocycles. The molecule has 0 bridgehead atoms. The summed E-state index contributed by atoms with van der Waals surface area (Å²) in [5.41, 5.74) is 1.46. The van der Waals surface area contributed by atoms with Crippen LogP contribution in [0.3, 0.4) is 0 Å². The molecule has 4 rings (SSSR count). The van der Waals surface area contributed by atoms with Gasteiger partial charge in [0.2, 0.25) is 0 Å². The van der Waals surface area contributed by atoms with Crippen LogP contribution in [0, 0.1) is 0 Å². The standard InChI is InChI=1S/C23H17NO4/c1-14(23(27)28-2)20(16-8-4-3-5-9-16)24-21(25)17-12-6-10-15-11-7-13-18(19(15)17)22(24)26/h3-13,20H,1H2,2H3/t20-/m1/s1. The Morgan fingerprint density at radius 1 is 0.893 bits per heavy atom. The number of carbonyl (C=O) groups is 3. The van der Waals surface area contributed by atoms with Crippen molar-refractivity contribution in [1.82, 2.24) is 4.90 Å². The molecule has 0 unspecified atom stereocenters. The van der Waals surface area contributed by atoms with Crippen molar-refractivity contribution in [3.8, 4) is 0 Å². The van der Waals surface area contributed by atoms with Gasteiger partial charge in [-0.2, -0.15) is 0 Å². The van der Waals surface area contributed by atoms with E-state index in [1.54, 1.807) is 48.5 Å². The van der Waals surface area contributed by atoms with Crippen molar-refractivity contribution in [2.45, 2.75) is 6.04 Å². The molecule has 0 N–H and O–H groups in total. The number of methoxy groups -OCH3 is 1.